The maximum absolute atomic E-state index is 4.44. The van der Waals surface area contributed by atoms with Crippen molar-refractivity contribution in [1.29, 1.82) is 0 Å². The van der Waals surface area contributed by atoms with Gasteiger partial charge in [0.15, 0.2) is 0 Å². The van der Waals surface area contributed by atoms with E-state index in [-0.39, 0.29) is 0 Å². The number of hydrogen-bond donors (Lipinski definition) is 1. The summed E-state index contributed by atoms with van der Waals surface area (Å²) in [6.07, 6.45) is 1.96. The molecule has 0 aliphatic carbocycles. The zero-order valence-corrected chi connectivity index (χ0v) is 12.4. The molecule has 0 radical (unpaired) electrons. The summed E-state index contributed by atoms with van der Waals surface area (Å²) in [7, 11) is 0. The number of nitrogens with zero attached hydrogens (tertiary/aromatic N) is 2. The molecule has 0 fully saturated rings. The molecule has 2 aromatic heterocycles. The summed E-state index contributed by atoms with van der Waals surface area (Å²) >= 11 is 5.23. The van der Waals surface area contributed by atoms with Crippen LogP contribution in [-0.2, 0) is 13.1 Å². The fourth-order valence-electron chi connectivity index (χ4n) is 1.66. The third-order valence-electron chi connectivity index (χ3n) is 2.70. The molecule has 2 heterocycles. The molecule has 5 heteroatoms. The topological polar surface area (TPSA) is 29.9 Å². The molecule has 0 aromatic carbocycles. The minimum absolute atomic E-state index is 0.855. The van der Waals surface area contributed by atoms with Gasteiger partial charge in [-0.1, -0.05) is 6.92 Å². The third kappa shape index (κ3) is 3.18. The molecule has 92 valence electrons. The molecule has 0 bridgehead atoms. The van der Waals surface area contributed by atoms with Gasteiger partial charge in [-0.05, 0) is 35.5 Å². The Morgan fingerprint density at radius 1 is 1.53 bits per heavy atom. The highest BCUT2D eigenvalue weighted by atomic mass is 79.9. The van der Waals surface area contributed by atoms with E-state index in [1.807, 2.05) is 6.20 Å². The summed E-state index contributed by atoms with van der Waals surface area (Å²) in [5, 5.41) is 9.87. The van der Waals surface area contributed by atoms with Gasteiger partial charge in [-0.15, -0.1) is 11.3 Å². The van der Waals surface area contributed by atoms with E-state index in [9.17, 15) is 0 Å². The smallest absolute Gasteiger partial charge is 0.0755 e. The lowest BCUT2D eigenvalue weighted by atomic mass is 10.2. The first-order valence-corrected chi connectivity index (χ1v) is 7.33. The Balaban J connectivity index is 2.09. The van der Waals surface area contributed by atoms with Crippen LogP contribution in [0.15, 0.2) is 22.1 Å². The van der Waals surface area contributed by atoms with E-state index in [1.165, 1.54) is 16.1 Å². The molecule has 0 spiro atoms. The predicted octanol–water partition coefficient (Wildman–Crippen LogP) is 3.17. The summed E-state index contributed by atoms with van der Waals surface area (Å²) in [6.45, 7) is 6.98. The molecule has 17 heavy (non-hydrogen) atoms. The lowest BCUT2D eigenvalue weighted by Crippen LogP contribution is -2.12. The molecule has 0 saturated heterocycles. The maximum atomic E-state index is 4.44. The summed E-state index contributed by atoms with van der Waals surface area (Å²) in [5.41, 5.74) is 2.53. The van der Waals surface area contributed by atoms with Crippen molar-refractivity contribution >= 4 is 27.3 Å². The molecule has 0 amide bonds. The Kier molecular flexibility index (Phi) is 4.36. The van der Waals surface area contributed by atoms with Gasteiger partial charge in [0.05, 0.1) is 12.7 Å². The van der Waals surface area contributed by atoms with Crippen molar-refractivity contribution < 1.29 is 0 Å². The predicted molar refractivity (Wildman–Crippen MR) is 75.5 cm³/mol. The highest BCUT2D eigenvalue weighted by Gasteiger charge is 2.07. The van der Waals surface area contributed by atoms with Crippen molar-refractivity contribution in [3.8, 4) is 0 Å². The normalized spacial score (nSPS) is 11.0. The number of halogens is 1. The fourth-order valence-corrected chi connectivity index (χ4v) is 3.09. The fraction of sp³-hybridized carbons (Fsp3) is 0.417. The van der Waals surface area contributed by atoms with Gasteiger partial charge in [-0.25, -0.2) is 0 Å². The third-order valence-corrected chi connectivity index (χ3v) is 4.38. The number of hydrogen-bond acceptors (Lipinski definition) is 3. The van der Waals surface area contributed by atoms with Gasteiger partial charge in [0, 0.05) is 32.5 Å². The minimum Gasteiger partial charge on any atom is -0.313 e. The second-order valence-electron chi connectivity index (χ2n) is 3.92. The SMILES string of the molecule is CCNCc1cnn(Cc2cc(Br)cs2)c1C. The van der Waals surface area contributed by atoms with Gasteiger partial charge in [0.1, 0.15) is 0 Å². The number of thiophene rings is 1. The van der Waals surface area contributed by atoms with Gasteiger partial charge in [0.25, 0.3) is 0 Å². The molecule has 1 N–H and O–H groups in total. The van der Waals surface area contributed by atoms with Gasteiger partial charge in [-0.3, -0.25) is 4.68 Å². The van der Waals surface area contributed by atoms with Gasteiger partial charge < -0.3 is 5.32 Å². The van der Waals surface area contributed by atoms with Gasteiger partial charge >= 0.3 is 0 Å². The minimum atomic E-state index is 0.855. The zero-order chi connectivity index (χ0) is 12.3. The lowest BCUT2D eigenvalue weighted by Gasteiger charge is -2.04. The van der Waals surface area contributed by atoms with E-state index in [4.69, 9.17) is 0 Å². The number of nitrogens with one attached hydrogen (secondary N) is 1. The lowest BCUT2D eigenvalue weighted by molar-refractivity contribution is 0.665. The molecule has 0 aliphatic heterocycles. The average molecular weight is 314 g/mol. The van der Waals surface area contributed by atoms with Crippen LogP contribution in [0, 0.1) is 6.92 Å². The molecular formula is C12H16BrN3S. The molecule has 0 atom stereocenters. The Bertz CT molecular complexity index is 490. The van der Waals surface area contributed by atoms with Crippen molar-refractivity contribution in [3.63, 3.8) is 0 Å². The maximum Gasteiger partial charge on any atom is 0.0755 e. The summed E-state index contributed by atoms with van der Waals surface area (Å²) in [5.74, 6) is 0. The Labute approximate surface area is 114 Å². The second kappa shape index (κ2) is 5.80. The van der Waals surface area contributed by atoms with E-state index in [1.54, 1.807) is 11.3 Å². The zero-order valence-electron chi connectivity index (χ0n) is 10.0. The number of rotatable bonds is 5. The van der Waals surface area contributed by atoms with Crippen LogP contribution >= 0.6 is 27.3 Å². The van der Waals surface area contributed by atoms with E-state index in [0.717, 1.165) is 24.1 Å². The molecule has 3 nitrogen and oxygen atoms in total. The summed E-state index contributed by atoms with van der Waals surface area (Å²) in [6, 6.07) is 2.15. The van der Waals surface area contributed by atoms with Crippen molar-refractivity contribution in [2.75, 3.05) is 6.54 Å². The van der Waals surface area contributed by atoms with Crippen LogP contribution in [0.4, 0.5) is 0 Å². The monoisotopic (exact) mass is 313 g/mol. The average Bonchev–Trinajstić information content (AvgIpc) is 2.86. The van der Waals surface area contributed by atoms with Crippen LogP contribution in [0.2, 0.25) is 0 Å². The summed E-state index contributed by atoms with van der Waals surface area (Å²) < 4.78 is 3.21. The molecule has 0 unspecified atom stereocenters. The van der Waals surface area contributed by atoms with E-state index in [0.29, 0.717) is 0 Å². The van der Waals surface area contributed by atoms with Crippen LogP contribution in [0.25, 0.3) is 0 Å². The first kappa shape index (κ1) is 12.8. The summed E-state index contributed by atoms with van der Waals surface area (Å²) in [4.78, 5) is 1.32. The molecule has 2 rings (SSSR count). The number of aromatic nitrogens is 2. The highest BCUT2D eigenvalue weighted by Crippen LogP contribution is 2.21. The van der Waals surface area contributed by atoms with E-state index < -0.39 is 0 Å². The van der Waals surface area contributed by atoms with Gasteiger partial charge in [-0.2, -0.15) is 5.10 Å². The first-order chi connectivity index (χ1) is 8.20. The van der Waals surface area contributed by atoms with E-state index in [2.05, 4.69) is 56.3 Å². The van der Waals surface area contributed by atoms with Crippen LogP contribution in [0.1, 0.15) is 23.1 Å². The first-order valence-electron chi connectivity index (χ1n) is 5.65. The van der Waals surface area contributed by atoms with Crippen LogP contribution in [0.5, 0.6) is 0 Å². The quantitative estimate of drug-likeness (QED) is 0.919. The van der Waals surface area contributed by atoms with E-state index >= 15 is 0 Å². The van der Waals surface area contributed by atoms with Gasteiger partial charge in [0.2, 0.25) is 0 Å². The standard InChI is InChI=1S/C12H16BrN3S/c1-3-14-5-10-6-15-16(9(10)2)7-12-4-11(13)8-17-12/h4,6,8,14H,3,5,7H2,1-2H3. The Hall–Kier alpha value is -0.650. The van der Waals surface area contributed by atoms with Crippen molar-refractivity contribution in [3.05, 3.63) is 38.3 Å². The molecular weight excluding hydrogens is 298 g/mol. The Morgan fingerprint density at radius 3 is 3.00 bits per heavy atom. The van der Waals surface area contributed by atoms with Crippen LogP contribution in [0.3, 0.4) is 0 Å². The van der Waals surface area contributed by atoms with Crippen molar-refractivity contribution in [2.45, 2.75) is 26.9 Å². The van der Waals surface area contributed by atoms with Crippen LogP contribution < -0.4 is 5.32 Å². The molecule has 2 aromatic rings. The van der Waals surface area contributed by atoms with Crippen LogP contribution in [-0.4, -0.2) is 16.3 Å². The largest absolute Gasteiger partial charge is 0.313 e. The Morgan fingerprint density at radius 2 is 2.35 bits per heavy atom. The second-order valence-corrected chi connectivity index (χ2v) is 5.84. The van der Waals surface area contributed by atoms with Crippen molar-refractivity contribution in [1.82, 2.24) is 15.1 Å². The molecule has 0 aliphatic rings. The van der Waals surface area contributed by atoms with Crippen molar-refractivity contribution in [2.24, 2.45) is 0 Å². The molecule has 0 saturated carbocycles. The highest BCUT2D eigenvalue weighted by molar-refractivity contribution is 9.10.